The van der Waals surface area contributed by atoms with Crippen LogP contribution < -0.4 is 5.32 Å². The molecule has 3 rings (SSSR count). The number of amides is 1. The Bertz CT molecular complexity index is 1140. The Labute approximate surface area is 189 Å². The Kier molecular flexibility index (Phi) is 7.09. The molecule has 0 spiro atoms. The Morgan fingerprint density at radius 3 is 2.58 bits per heavy atom. The van der Waals surface area contributed by atoms with E-state index in [1.165, 1.54) is 25.3 Å². The third-order valence-corrected chi connectivity index (χ3v) is 4.94. The maximum Gasteiger partial charge on any atom is 0.331 e. The first kappa shape index (κ1) is 22.5. The zero-order valence-electron chi connectivity index (χ0n) is 17.1. The highest BCUT2D eigenvalue weighted by molar-refractivity contribution is 6.36. The molecule has 0 aliphatic heterocycles. The summed E-state index contributed by atoms with van der Waals surface area (Å²) in [7, 11) is 0. The fraction of sp³-hybridized carbons (Fsp3) is 0.182. The molecule has 7 nitrogen and oxygen atoms in total. The van der Waals surface area contributed by atoms with Crippen molar-refractivity contribution in [2.24, 2.45) is 0 Å². The van der Waals surface area contributed by atoms with Gasteiger partial charge in [-0.1, -0.05) is 41.4 Å². The summed E-state index contributed by atoms with van der Waals surface area (Å²) in [6.07, 6.45) is 3.19. The third-order valence-electron chi connectivity index (χ3n) is 4.45. The van der Waals surface area contributed by atoms with Gasteiger partial charge in [0.2, 0.25) is 0 Å². The van der Waals surface area contributed by atoms with Gasteiger partial charge in [0, 0.05) is 23.5 Å². The van der Waals surface area contributed by atoms with E-state index in [9.17, 15) is 9.59 Å². The molecular weight excluding hydrogens is 439 g/mol. The van der Waals surface area contributed by atoms with E-state index >= 15 is 0 Å². The van der Waals surface area contributed by atoms with Crippen LogP contribution in [0.4, 0.5) is 5.82 Å². The van der Waals surface area contributed by atoms with Crippen LogP contribution in [0.2, 0.25) is 10.0 Å². The number of aromatic nitrogens is 3. The van der Waals surface area contributed by atoms with E-state index < -0.39 is 18.0 Å². The number of rotatable bonds is 6. The zero-order chi connectivity index (χ0) is 22.5. The van der Waals surface area contributed by atoms with Gasteiger partial charge in [0.15, 0.2) is 11.9 Å². The van der Waals surface area contributed by atoms with E-state index in [1.54, 1.807) is 10.8 Å². The van der Waals surface area contributed by atoms with Gasteiger partial charge in [-0.15, -0.1) is 0 Å². The Balaban J connectivity index is 1.65. The predicted octanol–water partition coefficient (Wildman–Crippen LogP) is 4.77. The third kappa shape index (κ3) is 5.51. The van der Waals surface area contributed by atoms with E-state index in [-0.39, 0.29) is 10.8 Å². The number of ether oxygens (including phenoxy) is 1. The summed E-state index contributed by atoms with van der Waals surface area (Å²) in [5.41, 5.74) is 3.36. The number of carbonyl (C=O) groups is 2. The van der Waals surface area contributed by atoms with Gasteiger partial charge in [0.05, 0.1) is 21.4 Å². The van der Waals surface area contributed by atoms with Crippen LogP contribution in [0.3, 0.4) is 0 Å². The second-order valence-electron chi connectivity index (χ2n) is 6.72. The van der Waals surface area contributed by atoms with Crippen molar-refractivity contribution < 1.29 is 14.3 Å². The molecule has 0 radical (unpaired) electrons. The van der Waals surface area contributed by atoms with E-state index in [1.807, 2.05) is 44.2 Å². The number of pyridine rings is 1. The van der Waals surface area contributed by atoms with Crippen molar-refractivity contribution in [3.05, 3.63) is 75.7 Å². The Morgan fingerprint density at radius 2 is 1.90 bits per heavy atom. The van der Waals surface area contributed by atoms with Crippen molar-refractivity contribution in [2.75, 3.05) is 5.32 Å². The summed E-state index contributed by atoms with van der Waals surface area (Å²) < 4.78 is 6.98. The molecule has 9 heteroatoms. The molecule has 2 heterocycles. The lowest BCUT2D eigenvalue weighted by atomic mass is 10.2. The van der Waals surface area contributed by atoms with Crippen LogP contribution in [-0.2, 0) is 14.3 Å². The fourth-order valence-electron chi connectivity index (χ4n) is 2.86. The van der Waals surface area contributed by atoms with Crippen LogP contribution >= 0.6 is 23.2 Å². The average molecular weight is 459 g/mol. The molecule has 0 unspecified atom stereocenters. The number of esters is 1. The largest absolute Gasteiger partial charge is 0.449 e. The summed E-state index contributed by atoms with van der Waals surface area (Å²) in [4.78, 5) is 28.4. The highest BCUT2D eigenvalue weighted by Gasteiger charge is 2.19. The second kappa shape index (κ2) is 9.76. The summed E-state index contributed by atoms with van der Waals surface area (Å²) >= 11 is 11.8. The van der Waals surface area contributed by atoms with Crippen molar-refractivity contribution >= 4 is 47.0 Å². The van der Waals surface area contributed by atoms with Crippen LogP contribution in [0.25, 0.3) is 11.8 Å². The van der Waals surface area contributed by atoms with Crippen LogP contribution in [-0.4, -0.2) is 32.7 Å². The number of para-hydroxylation sites is 1. The van der Waals surface area contributed by atoms with Crippen molar-refractivity contribution in [3.63, 3.8) is 0 Å². The summed E-state index contributed by atoms with van der Waals surface area (Å²) in [6.45, 7) is 5.22. The Morgan fingerprint density at radius 1 is 1.19 bits per heavy atom. The number of halogens is 2. The quantitative estimate of drug-likeness (QED) is 0.424. The molecule has 3 aromatic rings. The second-order valence-corrected chi connectivity index (χ2v) is 7.56. The van der Waals surface area contributed by atoms with Gasteiger partial charge in [-0.05, 0) is 45.0 Å². The van der Waals surface area contributed by atoms with Gasteiger partial charge in [-0.3, -0.25) is 4.79 Å². The van der Waals surface area contributed by atoms with Crippen molar-refractivity contribution in [2.45, 2.75) is 26.9 Å². The molecule has 0 bridgehead atoms. The van der Waals surface area contributed by atoms with Gasteiger partial charge in [-0.25, -0.2) is 14.5 Å². The maximum atomic E-state index is 12.3. The number of hydrogen-bond acceptors (Lipinski definition) is 5. The SMILES string of the molecule is Cc1nn(-c2ccccc2)c(C)c1/C=C/C(=O)O[C@H](C)C(=O)Nc1ncc(Cl)cc1Cl. The molecule has 0 saturated carbocycles. The minimum Gasteiger partial charge on any atom is -0.449 e. The first-order valence-corrected chi connectivity index (χ1v) is 10.1. The predicted molar refractivity (Wildman–Crippen MR) is 121 cm³/mol. The molecule has 0 fully saturated rings. The topological polar surface area (TPSA) is 86.1 Å². The van der Waals surface area contributed by atoms with Gasteiger partial charge in [0.1, 0.15) is 0 Å². The minimum absolute atomic E-state index is 0.133. The van der Waals surface area contributed by atoms with E-state index in [0.717, 1.165) is 22.6 Å². The first-order valence-electron chi connectivity index (χ1n) is 9.38. The molecule has 31 heavy (non-hydrogen) atoms. The van der Waals surface area contributed by atoms with Crippen LogP contribution in [0.1, 0.15) is 23.9 Å². The normalized spacial score (nSPS) is 12.0. The highest BCUT2D eigenvalue weighted by Crippen LogP contribution is 2.23. The molecule has 2 aromatic heterocycles. The van der Waals surface area contributed by atoms with Gasteiger partial charge >= 0.3 is 5.97 Å². The first-order chi connectivity index (χ1) is 14.8. The number of nitrogens with one attached hydrogen (secondary N) is 1. The number of aryl methyl sites for hydroxylation is 1. The highest BCUT2D eigenvalue weighted by atomic mass is 35.5. The van der Waals surface area contributed by atoms with Crippen molar-refractivity contribution in [3.8, 4) is 5.69 Å². The van der Waals surface area contributed by atoms with E-state index in [4.69, 9.17) is 27.9 Å². The maximum absolute atomic E-state index is 12.3. The minimum atomic E-state index is -1.06. The number of benzene rings is 1. The van der Waals surface area contributed by atoms with E-state index in [0.29, 0.717) is 5.02 Å². The molecule has 0 aliphatic carbocycles. The van der Waals surface area contributed by atoms with E-state index in [2.05, 4.69) is 15.4 Å². The lowest BCUT2D eigenvalue weighted by Gasteiger charge is -2.12. The molecule has 1 amide bonds. The van der Waals surface area contributed by atoms with Crippen LogP contribution in [0, 0.1) is 13.8 Å². The number of carbonyl (C=O) groups excluding carboxylic acids is 2. The monoisotopic (exact) mass is 458 g/mol. The van der Waals surface area contributed by atoms with Crippen LogP contribution in [0.5, 0.6) is 0 Å². The molecule has 0 saturated heterocycles. The smallest absolute Gasteiger partial charge is 0.331 e. The number of anilines is 1. The molecule has 0 aliphatic rings. The van der Waals surface area contributed by atoms with Gasteiger partial charge in [-0.2, -0.15) is 5.10 Å². The van der Waals surface area contributed by atoms with Gasteiger partial charge < -0.3 is 10.1 Å². The summed E-state index contributed by atoms with van der Waals surface area (Å²) in [5.74, 6) is -1.10. The zero-order valence-corrected chi connectivity index (χ0v) is 18.6. The molecular formula is C22H20Cl2N4O3. The summed E-state index contributed by atoms with van der Waals surface area (Å²) in [6, 6.07) is 11.1. The molecule has 1 aromatic carbocycles. The lowest BCUT2D eigenvalue weighted by Crippen LogP contribution is -2.29. The fourth-order valence-corrected chi connectivity index (χ4v) is 3.29. The molecule has 1 atom stereocenters. The average Bonchev–Trinajstić information content (AvgIpc) is 3.02. The number of hydrogen-bond donors (Lipinski definition) is 1. The number of nitrogens with zero attached hydrogens (tertiary/aromatic N) is 3. The standard InChI is InChI=1S/C22H20Cl2N4O3/c1-13-18(14(2)28(27-13)17-7-5-4-6-8-17)9-10-20(29)31-15(3)22(30)26-21-19(24)11-16(23)12-25-21/h4-12,15H,1-3H3,(H,25,26,30)/b10-9+/t15-/m1/s1. The summed E-state index contributed by atoms with van der Waals surface area (Å²) in [5, 5.41) is 7.55. The van der Waals surface area contributed by atoms with Crippen molar-refractivity contribution in [1.29, 1.82) is 0 Å². The Hall–Kier alpha value is -3.16. The van der Waals surface area contributed by atoms with Gasteiger partial charge in [0.25, 0.3) is 5.91 Å². The lowest BCUT2D eigenvalue weighted by molar-refractivity contribution is -0.148. The van der Waals surface area contributed by atoms with Crippen LogP contribution in [0.15, 0.2) is 48.7 Å². The van der Waals surface area contributed by atoms with Crippen molar-refractivity contribution in [1.82, 2.24) is 14.8 Å². The molecule has 1 N–H and O–H groups in total. The molecule has 160 valence electrons.